The van der Waals surface area contributed by atoms with Crippen LogP contribution in [0.2, 0.25) is 0 Å². The zero-order valence-electron chi connectivity index (χ0n) is 19.1. The third-order valence-electron chi connectivity index (χ3n) is 9.98. The van der Waals surface area contributed by atoms with Crippen molar-refractivity contribution in [2.24, 2.45) is 46.3 Å². The lowest BCUT2D eigenvalue weighted by Crippen LogP contribution is -2.51. The minimum absolute atomic E-state index is 0.133. The fraction of sp³-hybridized carbons (Fsp3) is 0.846. The van der Waals surface area contributed by atoms with Gasteiger partial charge in [-0.15, -0.1) is 0 Å². The summed E-state index contributed by atoms with van der Waals surface area (Å²) in [6, 6.07) is 0. The van der Waals surface area contributed by atoms with Gasteiger partial charge in [-0.3, -0.25) is 9.59 Å². The Hall–Kier alpha value is -1.12. The van der Waals surface area contributed by atoms with Crippen molar-refractivity contribution in [3.05, 3.63) is 11.6 Å². The van der Waals surface area contributed by atoms with Crippen LogP contribution in [0.3, 0.4) is 0 Å². The van der Waals surface area contributed by atoms with Crippen molar-refractivity contribution in [2.75, 3.05) is 7.11 Å². The van der Waals surface area contributed by atoms with Gasteiger partial charge in [-0.1, -0.05) is 33.3 Å². The highest BCUT2D eigenvalue weighted by Crippen LogP contribution is 2.65. The molecule has 0 aromatic heterocycles. The Balaban J connectivity index is 1.60. The maximum atomic E-state index is 13.7. The summed E-state index contributed by atoms with van der Waals surface area (Å²) >= 11 is 0. The average molecular weight is 401 g/mol. The molecule has 4 aliphatic carbocycles. The molecule has 0 aromatic carbocycles. The first kappa shape index (κ1) is 21.1. The lowest BCUT2D eigenvalue weighted by molar-refractivity contribution is -0.141. The molecule has 0 amide bonds. The number of methoxy groups -OCH3 is 1. The number of fused-ring (bicyclic) bond motifs is 5. The van der Waals surface area contributed by atoms with Gasteiger partial charge in [0.2, 0.25) is 0 Å². The van der Waals surface area contributed by atoms with Gasteiger partial charge in [0.25, 0.3) is 0 Å². The van der Waals surface area contributed by atoms with Crippen LogP contribution >= 0.6 is 0 Å². The third kappa shape index (κ3) is 3.22. The maximum absolute atomic E-state index is 13.7. The topological polar surface area (TPSA) is 43.4 Å². The molecule has 162 valence electrons. The molecule has 0 radical (unpaired) electrons. The Kier molecular flexibility index (Phi) is 5.49. The molecule has 4 rings (SSSR count). The van der Waals surface area contributed by atoms with Crippen LogP contribution in [-0.2, 0) is 14.3 Å². The number of hydrogen-bond donors (Lipinski definition) is 0. The van der Waals surface area contributed by atoms with Gasteiger partial charge in [0.15, 0.2) is 5.78 Å². The van der Waals surface area contributed by atoms with Gasteiger partial charge in [-0.05, 0) is 98.4 Å². The van der Waals surface area contributed by atoms with Crippen molar-refractivity contribution in [1.29, 1.82) is 0 Å². The summed E-state index contributed by atoms with van der Waals surface area (Å²) in [4.78, 5) is 25.3. The largest absolute Gasteiger partial charge is 0.469 e. The molecular weight excluding hydrogens is 360 g/mol. The smallest absolute Gasteiger partial charge is 0.305 e. The molecule has 0 spiro atoms. The van der Waals surface area contributed by atoms with Crippen molar-refractivity contribution in [3.63, 3.8) is 0 Å². The minimum atomic E-state index is -0.241. The van der Waals surface area contributed by atoms with Gasteiger partial charge in [0.1, 0.15) is 0 Å². The fourth-order valence-corrected chi connectivity index (χ4v) is 8.12. The Morgan fingerprint density at radius 3 is 2.69 bits per heavy atom. The number of hydrogen-bond acceptors (Lipinski definition) is 3. The van der Waals surface area contributed by atoms with Crippen LogP contribution in [0.15, 0.2) is 11.6 Å². The monoisotopic (exact) mass is 400 g/mol. The van der Waals surface area contributed by atoms with E-state index in [-0.39, 0.29) is 16.8 Å². The van der Waals surface area contributed by atoms with E-state index < -0.39 is 0 Å². The van der Waals surface area contributed by atoms with Crippen LogP contribution < -0.4 is 0 Å². The Bertz CT molecular complexity index is 709. The summed E-state index contributed by atoms with van der Waals surface area (Å²) in [5.74, 6) is 3.73. The first-order valence-corrected chi connectivity index (χ1v) is 12.0. The standard InChI is InChI=1S/C26H40O3/c1-16-12-13-25(3)18(14-16)7-8-19-21-10-9-20(17(2)6-11-24(28)29-5)26(21,4)23(27)15-22(19)25/h15-21H,6-14H2,1-5H3/t16-,17+,18-,19?,20?,21?,25-,26+/m0/s1. The molecule has 0 aromatic rings. The second-order valence-electron chi connectivity index (χ2n) is 11.3. The molecule has 0 aliphatic heterocycles. The molecule has 0 heterocycles. The molecule has 3 heteroatoms. The number of carbonyl (C=O) groups excluding carboxylic acids is 2. The zero-order chi connectivity index (χ0) is 21.0. The quantitative estimate of drug-likeness (QED) is 0.546. The van der Waals surface area contributed by atoms with E-state index in [1.165, 1.54) is 51.2 Å². The average Bonchev–Trinajstić information content (AvgIpc) is 3.06. The molecule has 3 nitrogen and oxygen atoms in total. The molecule has 8 atom stereocenters. The van der Waals surface area contributed by atoms with Gasteiger partial charge in [-0.25, -0.2) is 0 Å². The lowest BCUT2D eigenvalue weighted by Gasteiger charge is -2.56. The highest BCUT2D eigenvalue weighted by Gasteiger charge is 2.60. The summed E-state index contributed by atoms with van der Waals surface area (Å²) in [6.45, 7) is 9.38. The lowest BCUT2D eigenvalue weighted by atomic mass is 9.47. The fourth-order valence-electron chi connectivity index (χ4n) is 8.12. The number of allylic oxidation sites excluding steroid dienone is 2. The SMILES string of the molecule is COC(=O)CC[C@@H](C)C1CCC2C3CC[C@H]4C[C@@H](C)CC[C@]4(C)C3=CC(=O)[C@@]21C. The van der Waals surface area contributed by atoms with Gasteiger partial charge >= 0.3 is 5.97 Å². The number of carbonyl (C=O) groups is 2. The number of ketones is 1. The predicted octanol–water partition coefficient (Wildman–Crippen LogP) is 5.97. The van der Waals surface area contributed by atoms with E-state index in [0.717, 1.165) is 24.7 Å². The van der Waals surface area contributed by atoms with Crippen LogP contribution in [0.5, 0.6) is 0 Å². The summed E-state index contributed by atoms with van der Waals surface area (Å²) in [5.41, 5.74) is 1.53. The van der Waals surface area contributed by atoms with E-state index in [1.807, 2.05) is 0 Å². The second-order valence-corrected chi connectivity index (χ2v) is 11.3. The molecular formula is C26H40O3. The third-order valence-corrected chi connectivity index (χ3v) is 9.98. The van der Waals surface area contributed by atoms with Crippen LogP contribution in [0.4, 0.5) is 0 Å². The predicted molar refractivity (Wildman–Crippen MR) is 115 cm³/mol. The van der Waals surface area contributed by atoms with E-state index in [2.05, 4.69) is 33.8 Å². The van der Waals surface area contributed by atoms with E-state index >= 15 is 0 Å². The van der Waals surface area contributed by atoms with E-state index in [4.69, 9.17) is 4.74 Å². The van der Waals surface area contributed by atoms with Crippen molar-refractivity contribution in [2.45, 2.75) is 85.5 Å². The number of ether oxygens (including phenoxy) is 1. The second kappa shape index (κ2) is 7.54. The first-order valence-electron chi connectivity index (χ1n) is 12.0. The number of esters is 1. The van der Waals surface area contributed by atoms with Crippen LogP contribution in [0, 0.1) is 46.3 Å². The molecule has 3 saturated carbocycles. The van der Waals surface area contributed by atoms with Gasteiger partial charge in [0.05, 0.1) is 7.11 Å². The Morgan fingerprint density at radius 1 is 1.21 bits per heavy atom. The summed E-state index contributed by atoms with van der Waals surface area (Å²) < 4.78 is 4.84. The highest BCUT2D eigenvalue weighted by atomic mass is 16.5. The molecule has 3 fully saturated rings. The molecule has 0 saturated heterocycles. The normalized spacial score (nSPS) is 44.9. The van der Waals surface area contributed by atoms with E-state index in [1.54, 1.807) is 0 Å². The van der Waals surface area contributed by atoms with Crippen molar-refractivity contribution in [3.8, 4) is 0 Å². The van der Waals surface area contributed by atoms with Gasteiger partial charge < -0.3 is 4.74 Å². The molecule has 0 bridgehead atoms. The molecule has 0 N–H and O–H groups in total. The van der Waals surface area contributed by atoms with Crippen molar-refractivity contribution in [1.82, 2.24) is 0 Å². The van der Waals surface area contributed by atoms with Crippen LogP contribution in [-0.4, -0.2) is 18.9 Å². The van der Waals surface area contributed by atoms with Gasteiger partial charge in [-0.2, -0.15) is 0 Å². The molecule has 3 unspecified atom stereocenters. The summed E-state index contributed by atoms with van der Waals surface area (Å²) in [7, 11) is 1.46. The van der Waals surface area contributed by atoms with E-state index in [9.17, 15) is 9.59 Å². The molecule has 29 heavy (non-hydrogen) atoms. The summed E-state index contributed by atoms with van der Waals surface area (Å²) in [5, 5.41) is 0. The van der Waals surface area contributed by atoms with E-state index in [0.29, 0.717) is 35.9 Å². The summed E-state index contributed by atoms with van der Waals surface area (Å²) in [6.07, 6.45) is 12.2. The zero-order valence-corrected chi connectivity index (χ0v) is 19.1. The molecule has 4 aliphatic rings. The maximum Gasteiger partial charge on any atom is 0.305 e. The number of rotatable bonds is 4. The van der Waals surface area contributed by atoms with Gasteiger partial charge in [0, 0.05) is 11.8 Å². The Labute approximate surface area is 177 Å². The van der Waals surface area contributed by atoms with Crippen LogP contribution in [0.1, 0.15) is 85.5 Å². The highest BCUT2D eigenvalue weighted by molar-refractivity contribution is 5.97. The van der Waals surface area contributed by atoms with Crippen molar-refractivity contribution < 1.29 is 14.3 Å². The minimum Gasteiger partial charge on any atom is -0.469 e. The Morgan fingerprint density at radius 2 is 1.97 bits per heavy atom. The van der Waals surface area contributed by atoms with Crippen LogP contribution in [0.25, 0.3) is 0 Å². The first-order chi connectivity index (χ1) is 13.7. The van der Waals surface area contributed by atoms with Crippen molar-refractivity contribution >= 4 is 11.8 Å².